The molecular formula is C15H11Cl2F3N2O. The molecule has 0 aliphatic rings. The minimum absolute atomic E-state index is 0.0356. The number of urea groups is 1. The molecule has 0 fully saturated rings. The molecule has 2 rings (SSSR count). The summed E-state index contributed by atoms with van der Waals surface area (Å²) in [4.78, 5) is 12.8. The normalized spacial score (nSPS) is 11.3. The van der Waals surface area contributed by atoms with E-state index in [9.17, 15) is 18.0 Å². The summed E-state index contributed by atoms with van der Waals surface area (Å²) in [5.41, 5.74) is 5.77. The molecule has 122 valence electrons. The highest BCUT2D eigenvalue weighted by Gasteiger charge is 2.29. The summed E-state index contributed by atoms with van der Waals surface area (Å²) in [7, 11) is 0. The fraction of sp³-hybridized carbons (Fsp3) is 0.133. The van der Waals surface area contributed by atoms with E-state index in [-0.39, 0.29) is 16.3 Å². The number of nitrogens with two attached hydrogens (primary N) is 1. The van der Waals surface area contributed by atoms with Crippen molar-refractivity contribution in [2.75, 3.05) is 4.90 Å². The highest BCUT2D eigenvalue weighted by Crippen LogP contribution is 2.32. The number of hydrogen-bond donors (Lipinski definition) is 1. The second-order valence-corrected chi connectivity index (χ2v) is 5.56. The number of carbonyl (C=O) groups is 1. The SMILES string of the molecule is NC(=O)N(c1ccc(Cl)cc1)c1ccc(Cl)c(CC(F)(F)F)c1. The Morgan fingerprint density at radius 2 is 1.61 bits per heavy atom. The van der Waals surface area contributed by atoms with Gasteiger partial charge in [-0.2, -0.15) is 13.2 Å². The first-order valence-electron chi connectivity index (χ1n) is 6.38. The van der Waals surface area contributed by atoms with Crippen molar-refractivity contribution in [1.29, 1.82) is 0 Å². The standard InChI is InChI=1S/C15H11Cl2F3N2O/c16-10-1-3-11(4-2-10)22(14(21)23)12-5-6-13(17)9(7-12)8-15(18,19)20/h1-7H,8H2,(H2,21,23). The van der Waals surface area contributed by atoms with Crippen molar-refractivity contribution < 1.29 is 18.0 Å². The Morgan fingerprint density at radius 1 is 1.04 bits per heavy atom. The molecule has 3 nitrogen and oxygen atoms in total. The molecule has 2 N–H and O–H groups in total. The lowest BCUT2D eigenvalue weighted by atomic mass is 10.1. The van der Waals surface area contributed by atoms with Crippen LogP contribution in [0.1, 0.15) is 5.56 Å². The molecule has 0 saturated carbocycles. The predicted molar refractivity (Wildman–Crippen MR) is 84.4 cm³/mol. The van der Waals surface area contributed by atoms with Gasteiger partial charge in [0.2, 0.25) is 0 Å². The summed E-state index contributed by atoms with van der Waals surface area (Å²) >= 11 is 11.6. The van der Waals surface area contributed by atoms with Gasteiger partial charge < -0.3 is 5.73 Å². The molecule has 2 amide bonds. The van der Waals surface area contributed by atoms with Gasteiger partial charge in [-0.05, 0) is 48.0 Å². The molecule has 0 unspecified atom stereocenters. The van der Waals surface area contributed by atoms with Gasteiger partial charge in [0.15, 0.2) is 0 Å². The van der Waals surface area contributed by atoms with Gasteiger partial charge in [0.25, 0.3) is 0 Å². The number of benzene rings is 2. The Balaban J connectivity index is 2.46. The van der Waals surface area contributed by atoms with Gasteiger partial charge in [0.05, 0.1) is 17.8 Å². The van der Waals surface area contributed by atoms with E-state index in [1.807, 2.05) is 0 Å². The van der Waals surface area contributed by atoms with Crippen LogP contribution in [0, 0.1) is 0 Å². The van der Waals surface area contributed by atoms with Crippen LogP contribution in [0.4, 0.5) is 29.3 Å². The summed E-state index contributed by atoms with van der Waals surface area (Å²) in [6.45, 7) is 0. The van der Waals surface area contributed by atoms with Crippen LogP contribution in [-0.4, -0.2) is 12.2 Å². The molecule has 0 radical (unpaired) electrons. The average Bonchev–Trinajstić information content (AvgIpc) is 2.43. The molecule has 0 aromatic heterocycles. The van der Waals surface area contributed by atoms with Gasteiger partial charge in [0.1, 0.15) is 0 Å². The third-order valence-corrected chi connectivity index (χ3v) is 3.60. The van der Waals surface area contributed by atoms with Crippen LogP contribution in [0.2, 0.25) is 10.0 Å². The third kappa shape index (κ3) is 4.53. The monoisotopic (exact) mass is 362 g/mol. The number of rotatable bonds is 3. The van der Waals surface area contributed by atoms with Crippen LogP contribution >= 0.6 is 23.2 Å². The first-order chi connectivity index (χ1) is 10.7. The van der Waals surface area contributed by atoms with E-state index in [2.05, 4.69) is 0 Å². The van der Waals surface area contributed by atoms with Gasteiger partial charge >= 0.3 is 12.2 Å². The first kappa shape index (κ1) is 17.4. The maximum atomic E-state index is 12.6. The molecule has 0 heterocycles. The lowest BCUT2D eigenvalue weighted by Crippen LogP contribution is -2.31. The van der Waals surface area contributed by atoms with Crippen LogP contribution in [0.25, 0.3) is 0 Å². The second kappa shape index (κ2) is 6.68. The minimum atomic E-state index is -4.42. The fourth-order valence-corrected chi connectivity index (χ4v) is 2.36. The number of anilines is 2. The molecule has 8 heteroatoms. The van der Waals surface area contributed by atoms with Crippen molar-refractivity contribution in [3.05, 3.63) is 58.1 Å². The van der Waals surface area contributed by atoms with E-state index >= 15 is 0 Å². The van der Waals surface area contributed by atoms with E-state index in [0.29, 0.717) is 10.7 Å². The first-order valence-corrected chi connectivity index (χ1v) is 7.13. The smallest absolute Gasteiger partial charge is 0.351 e. The third-order valence-electron chi connectivity index (χ3n) is 2.98. The van der Waals surface area contributed by atoms with Crippen molar-refractivity contribution in [3.63, 3.8) is 0 Å². The Labute approximate surface area is 140 Å². The highest BCUT2D eigenvalue weighted by molar-refractivity contribution is 6.31. The quantitative estimate of drug-likeness (QED) is 0.789. The lowest BCUT2D eigenvalue weighted by Gasteiger charge is -2.22. The number of carbonyl (C=O) groups excluding carboxylic acids is 1. The van der Waals surface area contributed by atoms with Crippen LogP contribution in [0.3, 0.4) is 0 Å². The maximum Gasteiger partial charge on any atom is 0.393 e. The van der Waals surface area contributed by atoms with E-state index in [1.165, 1.54) is 30.3 Å². The molecule has 23 heavy (non-hydrogen) atoms. The Kier molecular flexibility index (Phi) is 5.06. The number of amides is 2. The molecular weight excluding hydrogens is 352 g/mol. The zero-order valence-corrected chi connectivity index (χ0v) is 13.1. The van der Waals surface area contributed by atoms with Crippen LogP contribution in [0.5, 0.6) is 0 Å². The summed E-state index contributed by atoms with van der Waals surface area (Å²) < 4.78 is 37.8. The Morgan fingerprint density at radius 3 is 2.13 bits per heavy atom. The molecule has 0 aliphatic carbocycles. The number of hydrogen-bond acceptors (Lipinski definition) is 1. The van der Waals surface area contributed by atoms with Gasteiger partial charge in [-0.1, -0.05) is 23.2 Å². The summed E-state index contributed by atoms with van der Waals surface area (Å²) in [6, 6.07) is 9.21. The molecule has 0 atom stereocenters. The van der Waals surface area contributed by atoms with Crippen molar-refractivity contribution >= 4 is 40.6 Å². The lowest BCUT2D eigenvalue weighted by molar-refractivity contribution is -0.127. The van der Waals surface area contributed by atoms with Crippen LogP contribution < -0.4 is 10.6 Å². The number of primary amides is 1. The van der Waals surface area contributed by atoms with Crippen LogP contribution in [-0.2, 0) is 6.42 Å². The van der Waals surface area contributed by atoms with E-state index in [4.69, 9.17) is 28.9 Å². The van der Waals surface area contributed by atoms with Crippen molar-refractivity contribution in [2.45, 2.75) is 12.6 Å². The van der Waals surface area contributed by atoms with Gasteiger partial charge in [-0.15, -0.1) is 0 Å². The molecule has 0 bridgehead atoms. The van der Waals surface area contributed by atoms with E-state index in [1.54, 1.807) is 12.1 Å². The van der Waals surface area contributed by atoms with Gasteiger partial charge in [-0.25, -0.2) is 4.79 Å². The Bertz CT molecular complexity index is 718. The van der Waals surface area contributed by atoms with E-state index in [0.717, 1.165) is 4.90 Å². The van der Waals surface area contributed by atoms with Gasteiger partial charge in [-0.3, -0.25) is 4.90 Å². The number of alkyl halides is 3. The molecule has 0 aliphatic heterocycles. The minimum Gasteiger partial charge on any atom is -0.351 e. The zero-order chi connectivity index (χ0) is 17.2. The second-order valence-electron chi connectivity index (χ2n) is 4.72. The molecule has 2 aromatic rings. The molecule has 0 spiro atoms. The summed E-state index contributed by atoms with van der Waals surface area (Å²) in [5.74, 6) is 0. The fourth-order valence-electron chi connectivity index (χ4n) is 2.05. The highest BCUT2D eigenvalue weighted by atomic mass is 35.5. The predicted octanol–water partition coefficient (Wildman–Crippen LogP) is 5.32. The van der Waals surface area contributed by atoms with Crippen molar-refractivity contribution in [1.82, 2.24) is 0 Å². The topological polar surface area (TPSA) is 46.3 Å². The molecule has 0 saturated heterocycles. The molecule has 2 aromatic carbocycles. The van der Waals surface area contributed by atoms with Crippen molar-refractivity contribution in [3.8, 4) is 0 Å². The van der Waals surface area contributed by atoms with Crippen molar-refractivity contribution in [2.24, 2.45) is 5.73 Å². The number of halogens is 5. The average molecular weight is 363 g/mol. The van der Waals surface area contributed by atoms with E-state index < -0.39 is 18.6 Å². The largest absolute Gasteiger partial charge is 0.393 e. The zero-order valence-electron chi connectivity index (χ0n) is 11.6. The van der Waals surface area contributed by atoms with Gasteiger partial charge in [0, 0.05) is 10.0 Å². The summed E-state index contributed by atoms with van der Waals surface area (Å²) in [5, 5.41) is 0.415. The summed E-state index contributed by atoms with van der Waals surface area (Å²) in [6.07, 6.45) is -5.62. The number of nitrogens with zero attached hydrogens (tertiary/aromatic N) is 1. The Hall–Kier alpha value is -1.92. The van der Waals surface area contributed by atoms with Crippen LogP contribution in [0.15, 0.2) is 42.5 Å². The maximum absolute atomic E-state index is 12.6.